The van der Waals surface area contributed by atoms with Crippen LogP contribution in [0, 0.1) is 0 Å². The monoisotopic (exact) mass is 385 g/mol. The number of hydrogen-bond acceptors (Lipinski definition) is 4. The number of nitrogens with one attached hydrogen (secondary N) is 1. The molecule has 0 aliphatic heterocycles. The lowest BCUT2D eigenvalue weighted by Crippen LogP contribution is -2.43. The molecule has 2 rings (SSSR count). The Hall–Kier alpha value is -2.61. The minimum Gasteiger partial charge on any atom is -0.395 e. The van der Waals surface area contributed by atoms with Gasteiger partial charge in [-0.05, 0) is 35.9 Å². The number of carbonyl (C=O) groups excluding carboxylic acids is 2. The smallest absolute Gasteiger partial charge is 0.272 e. The van der Waals surface area contributed by atoms with Crippen LogP contribution in [0.1, 0.15) is 15.9 Å². The predicted molar refractivity (Wildman–Crippen MR) is 109 cm³/mol. The van der Waals surface area contributed by atoms with Gasteiger partial charge in [0, 0.05) is 17.1 Å². The Morgan fingerprint density at radius 3 is 2.37 bits per heavy atom. The van der Waals surface area contributed by atoms with Crippen LogP contribution in [-0.4, -0.2) is 42.4 Å². The van der Waals surface area contributed by atoms with E-state index >= 15 is 0 Å². The van der Waals surface area contributed by atoms with Gasteiger partial charge in [0.2, 0.25) is 0 Å². The average Bonchev–Trinajstić information content (AvgIpc) is 2.70. The first-order valence-corrected chi connectivity index (χ1v) is 8.88. The summed E-state index contributed by atoms with van der Waals surface area (Å²) in [5.74, 6) is 4.89. The van der Waals surface area contributed by atoms with E-state index in [1.54, 1.807) is 36.4 Å². The Kier molecular flexibility index (Phi) is 7.61. The summed E-state index contributed by atoms with van der Waals surface area (Å²) < 4.78 is 0. The van der Waals surface area contributed by atoms with E-state index in [1.807, 2.05) is 19.0 Å². The molecular weight excluding hydrogens is 364 g/mol. The number of amides is 2. The number of benzene rings is 2. The fourth-order valence-corrected chi connectivity index (χ4v) is 2.48. The van der Waals surface area contributed by atoms with Crippen molar-refractivity contribution in [3.63, 3.8) is 0 Å². The van der Waals surface area contributed by atoms with Crippen LogP contribution in [0.15, 0.2) is 54.2 Å². The number of aliphatic hydroxyl groups is 1. The van der Waals surface area contributed by atoms with E-state index in [-0.39, 0.29) is 18.8 Å². The van der Waals surface area contributed by atoms with Crippen LogP contribution in [0.5, 0.6) is 0 Å². The second-order valence-electron chi connectivity index (χ2n) is 5.79. The van der Waals surface area contributed by atoms with Crippen molar-refractivity contribution in [2.75, 3.05) is 13.2 Å². The fraction of sp³-hybridized carbons (Fsp3) is 0.158. The molecule has 0 bridgehead atoms. The highest BCUT2D eigenvalue weighted by molar-refractivity contribution is 6.51. The van der Waals surface area contributed by atoms with E-state index in [2.05, 4.69) is 5.32 Å². The molecule has 0 aliphatic rings. The summed E-state index contributed by atoms with van der Waals surface area (Å²) in [5.41, 5.74) is 2.06. The molecule has 0 saturated carbocycles. The molecule has 0 unspecified atom stereocenters. The van der Waals surface area contributed by atoms with Gasteiger partial charge in [0.1, 0.15) is 5.70 Å². The quantitative estimate of drug-likeness (QED) is 0.217. The second-order valence-corrected chi connectivity index (χ2v) is 6.22. The van der Waals surface area contributed by atoms with Gasteiger partial charge >= 0.3 is 0 Å². The van der Waals surface area contributed by atoms with Crippen molar-refractivity contribution in [2.24, 2.45) is 5.84 Å². The summed E-state index contributed by atoms with van der Waals surface area (Å²) in [6, 6.07) is 13.8. The molecule has 2 amide bonds. The van der Waals surface area contributed by atoms with Crippen LogP contribution in [-0.2, 0) is 4.79 Å². The third-order valence-electron chi connectivity index (χ3n) is 3.89. The molecule has 0 atom stereocenters. The lowest BCUT2D eigenvalue weighted by molar-refractivity contribution is -0.118. The minimum absolute atomic E-state index is 0.0457. The zero-order chi connectivity index (χ0) is 19.8. The van der Waals surface area contributed by atoms with Gasteiger partial charge in [-0.15, -0.1) is 0 Å². The second kappa shape index (κ2) is 9.92. The molecule has 27 heavy (non-hydrogen) atoms. The molecule has 0 fully saturated rings. The Morgan fingerprint density at radius 1 is 1.19 bits per heavy atom. The topological polar surface area (TPSA) is 95.7 Å². The number of hydrogen-bond donors (Lipinski definition) is 3. The lowest BCUT2D eigenvalue weighted by atomic mass is 9.73. The highest BCUT2D eigenvalue weighted by Crippen LogP contribution is 2.15. The molecule has 0 aliphatic carbocycles. The van der Waals surface area contributed by atoms with Crippen LogP contribution in [0.25, 0.3) is 6.08 Å². The van der Waals surface area contributed by atoms with Crippen LogP contribution < -0.4 is 16.6 Å². The van der Waals surface area contributed by atoms with Gasteiger partial charge < -0.3 is 10.4 Å². The number of aliphatic hydroxyl groups excluding tert-OH is 1. The first-order valence-electron chi connectivity index (χ1n) is 8.50. The van der Waals surface area contributed by atoms with Crippen LogP contribution in [0.4, 0.5) is 0 Å². The maximum Gasteiger partial charge on any atom is 0.272 e. The van der Waals surface area contributed by atoms with Gasteiger partial charge in [-0.3, -0.25) is 9.59 Å². The summed E-state index contributed by atoms with van der Waals surface area (Å²) >= 11 is 5.88. The van der Waals surface area contributed by atoms with Crippen LogP contribution in [0.3, 0.4) is 0 Å². The zero-order valence-corrected chi connectivity index (χ0v) is 15.7. The Bertz CT molecular complexity index is 823. The largest absolute Gasteiger partial charge is 0.395 e. The molecule has 4 N–H and O–H groups in total. The Balaban J connectivity index is 2.33. The summed E-state index contributed by atoms with van der Waals surface area (Å²) in [6.07, 6.45) is 1.49. The Labute approximate surface area is 163 Å². The first-order chi connectivity index (χ1) is 13.0. The molecule has 0 spiro atoms. The summed E-state index contributed by atoms with van der Waals surface area (Å²) in [5, 5.41) is 12.8. The molecule has 2 aromatic carbocycles. The van der Waals surface area contributed by atoms with Gasteiger partial charge in [0.15, 0.2) is 7.28 Å². The molecule has 8 heteroatoms. The third kappa shape index (κ3) is 5.69. The third-order valence-corrected chi connectivity index (χ3v) is 4.14. The summed E-state index contributed by atoms with van der Waals surface area (Å²) in [4.78, 5) is 25.2. The molecule has 140 valence electrons. The number of rotatable bonds is 7. The molecule has 2 aromatic rings. The first kappa shape index (κ1) is 20.7. The number of carbonyl (C=O) groups is 2. The molecule has 0 radical (unpaired) electrons. The van der Waals surface area contributed by atoms with Crippen LogP contribution >= 0.6 is 11.6 Å². The van der Waals surface area contributed by atoms with Crippen molar-refractivity contribution in [3.05, 3.63) is 70.4 Å². The van der Waals surface area contributed by atoms with Gasteiger partial charge in [-0.2, -0.15) is 0 Å². The van der Waals surface area contributed by atoms with Gasteiger partial charge in [0.05, 0.1) is 6.61 Å². The minimum atomic E-state index is -0.569. The molecular formula is C19H21BClN3O3. The lowest BCUT2D eigenvalue weighted by Gasteiger charge is -2.20. The van der Waals surface area contributed by atoms with Crippen molar-refractivity contribution in [3.8, 4) is 0 Å². The van der Waals surface area contributed by atoms with E-state index in [0.717, 1.165) is 17.8 Å². The average molecular weight is 386 g/mol. The number of hydrazine groups is 1. The SMILES string of the molecule is CBc1ccc(C(=O)N(N)/C(=C\c2ccc(Cl)cc2)C(=O)NCCO)cc1. The van der Waals surface area contributed by atoms with Crippen molar-refractivity contribution in [2.45, 2.75) is 6.82 Å². The Morgan fingerprint density at radius 2 is 1.81 bits per heavy atom. The molecule has 0 aromatic heterocycles. The van der Waals surface area contributed by atoms with Crippen molar-refractivity contribution < 1.29 is 14.7 Å². The highest BCUT2D eigenvalue weighted by Gasteiger charge is 2.22. The number of halogens is 1. The number of nitrogens with zero attached hydrogens (tertiary/aromatic N) is 1. The van der Waals surface area contributed by atoms with Crippen molar-refractivity contribution >= 4 is 42.2 Å². The van der Waals surface area contributed by atoms with E-state index in [9.17, 15) is 9.59 Å². The van der Waals surface area contributed by atoms with E-state index < -0.39 is 11.8 Å². The van der Waals surface area contributed by atoms with Gasteiger partial charge in [-0.25, -0.2) is 10.9 Å². The predicted octanol–water partition coefficient (Wildman–Crippen LogP) is 0.915. The number of nitrogens with two attached hydrogens (primary N) is 1. The van der Waals surface area contributed by atoms with E-state index in [1.165, 1.54) is 6.08 Å². The molecule has 0 saturated heterocycles. The fourth-order valence-electron chi connectivity index (χ4n) is 2.35. The van der Waals surface area contributed by atoms with Gasteiger partial charge in [0.25, 0.3) is 11.8 Å². The molecule has 6 nitrogen and oxygen atoms in total. The standard InChI is InChI=1S/C19H21BClN3O3/c1-20-15-6-4-14(5-7-15)19(27)24(22)17(18(26)23-10-11-25)12-13-2-8-16(21)9-3-13/h2-9,12,20,25H,10-11,22H2,1H3,(H,23,26)/b17-12-. The van der Waals surface area contributed by atoms with Crippen LogP contribution in [0.2, 0.25) is 11.8 Å². The maximum absolute atomic E-state index is 12.7. The zero-order valence-electron chi connectivity index (χ0n) is 15.0. The maximum atomic E-state index is 12.7. The summed E-state index contributed by atoms with van der Waals surface area (Å²) in [7, 11) is 0.853. The van der Waals surface area contributed by atoms with Crippen molar-refractivity contribution in [1.29, 1.82) is 0 Å². The molecule has 0 heterocycles. The van der Waals surface area contributed by atoms with E-state index in [0.29, 0.717) is 16.1 Å². The van der Waals surface area contributed by atoms with Gasteiger partial charge in [-0.1, -0.05) is 48.2 Å². The van der Waals surface area contributed by atoms with Crippen molar-refractivity contribution in [1.82, 2.24) is 10.3 Å². The highest BCUT2D eigenvalue weighted by atomic mass is 35.5. The normalized spacial score (nSPS) is 11.0. The summed E-state index contributed by atoms with van der Waals surface area (Å²) in [6.45, 7) is 1.84. The van der Waals surface area contributed by atoms with E-state index in [4.69, 9.17) is 22.6 Å².